The number of carbonyl (C=O) groups is 2. The van der Waals surface area contributed by atoms with Crippen LogP contribution in [-0.4, -0.2) is 47.7 Å². The smallest absolute Gasteiger partial charge is 0.306 e. The van der Waals surface area contributed by atoms with Crippen molar-refractivity contribution in [3.63, 3.8) is 0 Å². The highest BCUT2D eigenvalue weighted by Gasteiger charge is 2.07. The van der Waals surface area contributed by atoms with Crippen molar-refractivity contribution in [2.45, 2.75) is 31.4 Å². The lowest BCUT2D eigenvalue weighted by molar-refractivity contribution is -0.143. The highest BCUT2D eigenvalue weighted by atomic mass is 33.1. The minimum Gasteiger partial charge on any atom is -0.466 e. The van der Waals surface area contributed by atoms with Gasteiger partial charge >= 0.3 is 11.9 Å². The summed E-state index contributed by atoms with van der Waals surface area (Å²) in [5, 5.41) is -0.0153. The van der Waals surface area contributed by atoms with E-state index in [9.17, 15) is 9.59 Å². The van der Waals surface area contributed by atoms with Crippen LogP contribution in [0, 0.1) is 0 Å². The van der Waals surface area contributed by atoms with Crippen LogP contribution < -0.4 is 0 Å². The minimum atomic E-state index is -0.221. The van der Waals surface area contributed by atoms with Crippen molar-refractivity contribution < 1.29 is 19.1 Å². The Hall–Kier alpha value is 0.340. The first kappa shape index (κ1) is 20.3. The summed E-state index contributed by atoms with van der Waals surface area (Å²) in [6, 6.07) is 0. The van der Waals surface area contributed by atoms with Crippen molar-refractivity contribution in [2.75, 3.05) is 30.5 Å². The predicted octanol–water partition coefficient (Wildman–Crippen LogP) is 2.87. The van der Waals surface area contributed by atoms with Crippen molar-refractivity contribution in [3.05, 3.63) is 0 Å². The third-order valence-corrected chi connectivity index (χ3v) is 5.45. The second kappa shape index (κ2) is 14.3. The Labute approximate surface area is 139 Å². The van der Waals surface area contributed by atoms with Crippen molar-refractivity contribution in [2.24, 2.45) is 0 Å². The predicted molar refractivity (Wildman–Crippen MR) is 93.0 cm³/mol. The van der Waals surface area contributed by atoms with E-state index in [1.54, 1.807) is 21.6 Å². The van der Waals surface area contributed by atoms with Gasteiger partial charge in [-0.25, -0.2) is 0 Å². The summed E-state index contributed by atoms with van der Waals surface area (Å²) in [6.07, 6.45) is 1.62. The zero-order valence-corrected chi connectivity index (χ0v) is 15.0. The molecule has 0 bridgehead atoms. The summed E-state index contributed by atoms with van der Waals surface area (Å²) in [5.41, 5.74) is 0. The number of carbonyl (C=O) groups excluding carboxylic acids is 2. The number of esters is 2. The van der Waals surface area contributed by atoms with E-state index in [2.05, 4.69) is 25.3 Å². The molecule has 0 aliphatic rings. The van der Waals surface area contributed by atoms with Crippen LogP contribution in [0.15, 0.2) is 0 Å². The van der Waals surface area contributed by atoms with Gasteiger partial charge in [0.15, 0.2) is 0 Å². The Kier molecular flexibility index (Phi) is 14.5. The number of hydrogen-bond acceptors (Lipinski definition) is 8. The van der Waals surface area contributed by atoms with Gasteiger partial charge < -0.3 is 9.47 Å². The first-order chi connectivity index (χ1) is 9.60. The van der Waals surface area contributed by atoms with E-state index < -0.39 is 0 Å². The average Bonchev–Trinajstić information content (AvgIpc) is 2.45. The van der Waals surface area contributed by atoms with Gasteiger partial charge in [0.25, 0.3) is 0 Å². The zero-order chi connectivity index (χ0) is 15.2. The summed E-state index contributed by atoms with van der Waals surface area (Å²) >= 11 is 8.23. The van der Waals surface area contributed by atoms with Crippen LogP contribution in [0.5, 0.6) is 0 Å². The molecular formula is C12H22O4S4. The molecule has 0 amide bonds. The fraction of sp³-hybridized carbons (Fsp3) is 0.833. The topological polar surface area (TPSA) is 52.6 Å². The molecule has 20 heavy (non-hydrogen) atoms. The molecule has 0 spiro atoms. The van der Waals surface area contributed by atoms with Crippen molar-refractivity contribution in [3.8, 4) is 0 Å². The Morgan fingerprint density at radius 2 is 1.65 bits per heavy atom. The fourth-order valence-corrected chi connectivity index (χ4v) is 3.09. The fourth-order valence-electron chi connectivity index (χ4n) is 0.970. The number of rotatable bonds is 12. The van der Waals surface area contributed by atoms with Gasteiger partial charge in [-0.1, -0.05) is 28.5 Å². The molecule has 1 unspecified atom stereocenters. The molecule has 0 fully saturated rings. The monoisotopic (exact) mass is 358 g/mol. The SMILES string of the molecule is CCCOC(=O)CCSSCCC(=O)OCC(S)CS. The first-order valence-corrected chi connectivity index (χ1v) is 10.1. The molecule has 4 nitrogen and oxygen atoms in total. The first-order valence-electron chi connectivity index (χ1n) is 6.44. The van der Waals surface area contributed by atoms with Crippen LogP contribution in [0.4, 0.5) is 0 Å². The molecule has 1 atom stereocenters. The Balaban J connectivity index is 3.35. The molecule has 118 valence electrons. The second-order valence-corrected chi connectivity index (χ2v) is 7.68. The van der Waals surface area contributed by atoms with E-state index in [4.69, 9.17) is 9.47 Å². The molecule has 0 rings (SSSR count). The van der Waals surface area contributed by atoms with Gasteiger partial charge in [-0.2, -0.15) is 25.3 Å². The standard InChI is InChI=1S/C12H22O4S4/c1-2-5-15-11(13)3-6-19-20-7-4-12(14)16-8-10(18)9-17/h10,17-18H,2-9H2,1H3. The summed E-state index contributed by atoms with van der Waals surface area (Å²) < 4.78 is 9.97. The van der Waals surface area contributed by atoms with E-state index in [-0.39, 0.29) is 17.2 Å². The molecule has 0 aliphatic carbocycles. The molecule has 0 aromatic rings. The van der Waals surface area contributed by atoms with Crippen molar-refractivity contribution in [1.82, 2.24) is 0 Å². The third-order valence-electron chi connectivity index (χ3n) is 1.98. The highest BCUT2D eigenvalue weighted by Crippen LogP contribution is 2.23. The van der Waals surface area contributed by atoms with E-state index in [0.29, 0.717) is 43.3 Å². The van der Waals surface area contributed by atoms with E-state index in [1.807, 2.05) is 6.92 Å². The molecule has 0 aromatic carbocycles. The van der Waals surface area contributed by atoms with Crippen LogP contribution in [0.3, 0.4) is 0 Å². The van der Waals surface area contributed by atoms with Crippen molar-refractivity contribution in [1.29, 1.82) is 0 Å². The summed E-state index contributed by atoms with van der Waals surface area (Å²) in [7, 11) is 3.13. The van der Waals surface area contributed by atoms with Gasteiger partial charge in [0, 0.05) is 22.5 Å². The van der Waals surface area contributed by atoms with Crippen LogP contribution in [0.1, 0.15) is 26.2 Å². The Morgan fingerprint density at radius 3 is 2.15 bits per heavy atom. The van der Waals surface area contributed by atoms with Gasteiger partial charge in [-0.15, -0.1) is 0 Å². The Morgan fingerprint density at radius 1 is 1.10 bits per heavy atom. The molecule has 0 N–H and O–H groups in total. The lowest BCUT2D eigenvalue weighted by Crippen LogP contribution is -2.15. The molecule has 0 saturated heterocycles. The maximum absolute atomic E-state index is 11.3. The number of ether oxygens (including phenoxy) is 2. The van der Waals surface area contributed by atoms with Gasteiger partial charge in [0.05, 0.1) is 19.4 Å². The lowest BCUT2D eigenvalue weighted by atomic mass is 10.5. The third kappa shape index (κ3) is 13.3. The van der Waals surface area contributed by atoms with Crippen LogP contribution in [0.2, 0.25) is 0 Å². The number of hydrogen-bond donors (Lipinski definition) is 2. The van der Waals surface area contributed by atoms with Gasteiger partial charge in [-0.3, -0.25) is 9.59 Å². The van der Waals surface area contributed by atoms with E-state index >= 15 is 0 Å². The molecule has 0 aromatic heterocycles. The molecule has 8 heteroatoms. The van der Waals surface area contributed by atoms with E-state index in [1.165, 1.54) is 0 Å². The van der Waals surface area contributed by atoms with Crippen LogP contribution in [0.25, 0.3) is 0 Å². The zero-order valence-electron chi connectivity index (χ0n) is 11.6. The Bertz CT molecular complexity index is 276. The van der Waals surface area contributed by atoms with Crippen molar-refractivity contribution >= 4 is 58.8 Å². The normalized spacial score (nSPS) is 11.9. The van der Waals surface area contributed by atoms with Gasteiger partial charge in [0.1, 0.15) is 6.61 Å². The second-order valence-electron chi connectivity index (χ2n) is 3.88. The molecule has 0 heterocycles. The van der Waals surface area contributed by atoms with Crippen LogP contribution in [-0.2, 0) is 19.1 Å². The number of thiol groups is 2. The van der Waals surface area contributed by atoms with Gasteiger partial charge in [0.2, 0.25) is 0 Å². The maximum Gasteiger partial charge on any atom is 0.306 e. The summed E-state index contributed by atoms with van der Waals surface area (Å²) in [5.74, 6) is 1.56. The quantitative estimate of drug-likeness (QED) is 0.242. The molecule has 0 saturated carbocycles. The lowest BCUT2D eigenvalue weighted by Gasteiger charge is -2.08. The van der Waals surface area contributed by atoms with Gasteiger partial charge in [-0.05, 0) is 6.42 Å². The average molecular weight is 359 g/mol. The largest absolute Gasteiger partial charge is 0.466 e. The molecular weight excluding hydrogens is 336 g/mol. The van der Waals surface area contributed by atoms with E-state index in [0.717, 1.165) is 6.42 Å². The summed E-state index contributed by atoms with van der Waals surface area (Å²) in [6.45, 7) is 2.75. The highest BCUT2D eigenvalue weighted by molar-refractivity contribution is 8.76. The molecule has 0 radical (unpaired) electrons. The minimum absolute atomic E-state index is 0.0153. The van der Waals surface area contributed by atoms with Crippen LogP contribution >= 0.6 is 46.8 Å². The molecule has 0 aliphatic heterocycles. The maximum atomic E-state index is 11.3. The summed E-state index contributed by atoms with van der Waals surface area (Å²) in [4.78, 5) is 22.5.